The number of hydrogen-bond acceptors (Lipinski definition) is 8. The molecule has 4 heterocycles. The quantitative estimate of drug-likeness (QED) is 0.208. The summed E-state index contributed by atoms with van der Waals surface area (Å²) in [5.74, 6) is -1.12. The van der Waals surface area contributed by atoms with Gasteiger partial charge < -0.3 is 25.8 Å². The van der Waals surface area contributed by atoms with Crippen LogP contribution in [0.5, 0.6) is 5.88 Å². The van der Waals surface area contributed by atoms with Gasteiger partial charge >= 0.3 is 12.1 Å². The number of aliphatic carboxylic acids is 1. The van der Waals surface area contributed by atoms with Crippen LogP contribution in [0.4, 0.5) is 24.9 Å². The Kier molecular flexibility index (Phi) is 8.51. The first-order chi connectivity index (χ1) is 21.8. The lowest BCUT2D eigenvalue weighted by atomic mass is 9.76. The molecule has 1 unspecified atom stereocenters. The fourth-order valence-electron chi connectivity index (χ4n) is 6.13. The van der Waals surface area contributed by atoms with E-state index in [4.69, 9.17) is 33.7 Å². The number of nitrogens with zero attached hydrogens (tertiary/aromatic N) is 5. The molecule has 2 aromatic heterocycles. The fourth-order valence-corrected chi connectivity index (χ4v) is 6.43. The van der Waals surface area contributed by atoms with Crippen LogP contribution in [-0.4, -0.2) is 62.7 Å². The highest BCUT2D eigenvalue weighted by atomic mass is 35.5. The SMILES string of the molecule is Cc1ccn(-c2cc(-c3ccc(Cl)c(Cl)c3)ccc2C(Oc2cc(N3CCC4(CC3)CN[C@H](C(=O)O)C4)nc(N)n2)C(F)(F)F)n1. The van der Waals surface area contributed by atoms with Crippen molar-refractivity contribution in [2.24, 2.45) is 5.41 Å². The number of aryl methyl sites for hydroxylation is 1. The maximum Gasteiger partial charge on any atom is 0.429 e. The zero-order chi connectivity index (χ0) is 32.8. The van der Waals surface area contributed by atoms with Crippen LogP contribution in [-0.2, 0) is 4.79 Å². The molecule has 242 valence electrons. The Labute approximate surface area is 272 Å². The van der Waals surface area contributed by atoms with Crippen LogP contribution in [0.25, 0.3) is 16.8 Å². The highest BCUT2D eigenvalue weighted by Gasteiger charge is 2.46. The van der Waals surface area contributed by atoms with E-state index < -0.39 is 24.3 Å². The lowest BCUT2D eigenvalue weighted by Gasteiger charge is -2.39. The number of rotatable bonds is 7. The summed E-state index contributed by atoms with van der Waals surface area (Å²) in [4.78, 5) is 21.6. The standard InChI is InChI=1S/C31H30Cl2F3N7O3/c1-17-6-9-43(41-17)24-13-19(18-3-5-21(32)22(33)12-18)2-4-20(24)27(31(34,35)36)46-26-14-25(39-29(37)40-26)42-10-7-30(8-11-42)15-23(28(44)45)38-16-30/h2-6,9,12-14,23,27,38H,7-8,10-11,15-16H2,1H3,(H,44,45)(H2,37,39,40)/t23-,27?/m0/s1. The van der Waals surface area contributed by atoms with Gasteiger partial charge in [-0.25, -0.2) is 4.68 Å². The second-order valence-electron chi connectivity index (χ2n) is 11.7. The van der Waals surface area contributed by atoms with Gasteiger partial charge in [0.05, 0.1) is 21.4 Å². The van der Waals surface area contributed by atoms with Crippen LogP contribution in [0, 0.1) is 12.3 Å². The average Bonchev–Trinajstić information content (AvgIpc) is 3.63. The number of benzene rings is 2. The number of ether oxygens (including phenoxy) is 1. The summed E-state index contributed by atoms with van der Waals surface area (Å²) < 4.78 is 51.4. The zero-order valence-corrected chi connectivity index (χ0v) is 26.1. The number of piperidine rings is 1. The molecular formula is C31H30Cl2F3N7O3. The van der Waals surface area contributed by atoms with Crippen LogP contribution in [0.15, 0.2) is 54.7 Å². The first-order valence-electron chi connectivity index (χ1n) is 14.5. The van der Waals surface area contributed by atoms with E-state index in [1.807, 2.05) is 4.90 Å². The summed E-state index contributed by atoms with van der Waals surface area (Å²) in [7, 11) is 0. The second-order valence-corrected chi connectivity index (χ2v) is 12.5. The van der Waals surface area contributed by atoms with Crippen molar-refractivity contribution in [1.29, 1.82) is 0 Å². The second kappa shape index (κ2) is 12.3. The number of nitrogens with two attached hydrogens (primary N) is 1. The number of carboxylic acids is 1. The van der Waals surface area contributed by atoms with Crippen LogP contribution in [0.3, 0.4) is 0 Å². The number of nitrogens with one attached hydrogen (secondary N) is 1. The molecule has 1 spiro atoms. The third kappa shape index (κ3) is 6.58. The average molecular weight is 677 g/mol. The molecule has 2 fully saturated rings. The van der Waals surface area contributed by atoms with E-state index in [-0.39, 0.29) is 28.5 Å². The van der Waals surface area contributed by atoms with Crippen LogP contribution in [0.1, 0.15) is 36.6 Å². The van der Waals surface area contributed by atoms with E-state index in [0.29, 0.717) is 71.6 Å². The largest absolute Gasteiger partial charge is 0.480 e. The Bertz CT molecular complexity index is 1780. The van der Waals surface area contributed by atoms with Crippen molar-refractivity contribution >= 4 is 40.9 Å². The van der Waals surface area contributed by atoms with Gasteiger partial charge in [-0.1, -0.05) is 41.4 Å². The zero-order valence-electron chi connectivity index (χ0n) is 24.6. The Morgan fingerprint density at radius 1 is 1.09 bits per heavy atom. The van der Waals surface area contributed by atoms with E-state index in [1.54, 1.807) is 49.5 Å². The number of nitrogen functional groups attached to an aromatic ring is 1. The van der Waals surface area contributed by atoms with Gasteiger partial charge in [0.25, 0.3) is 0 Å². The van der Waals surface area contributed by atoms with Crippen molar-refractivity contribution in [2.45, 2.75) is 44.5 Å². The Morgan fingerprint density at radius 2 is 1.80 bits per heavy atom. The smallest absolute Gasteiger partial charge is 0.429 e. The number of anilines is 2. The number of carbonyl (C=O) groups is 1. The lowest BCUT2D eigenvalue weighted by Crippen LogP contribution is -2.41. The highest BCUT2D eigenvalue weighted by molar-refractivity contribution is 6.42. The van der Waals surface area contributed by atoms with Crippen LogP contribution in [0.2, 0.25) is 10.0 Å². The third-order valence-corrected chi connectivity index (χ3v) is 9.32. The van der Waals surface area contributed by atoms with E-state index in [2.05, 4.69) is 20.4 Å². The van der Waals surface area contributed by atoms with Crippen molar-refractivity contribution < 1.29 is 27.8 Å². The fraction of sp³-hybridized carbons (Fsp3) is 0.355. The first-order valence-corrected chi connectivity index (χ1v) is 15.3. The summed E-state index contributed by atoms with van der Waals surface area (Å²) in [6.45, 7) is 3.36. The summed E-state index contributed by atoms with van der Waals surface area (Å²) in [5, 5.41) is 17.5. The number of aromatic nitrogens is 4. The summed E-state index contributed by atoms with van der Waals surface area (Å²) in [5.41, 5.74) is 7.61. The Balaban J connectivity index is 1.31. The lowest BCUT2D eigenvalue weighted by molar-refractivity contribution is -0.198. The minimum Gasteiger partial charge on any atom is -0.480 e. The summed E-state index contributed by atoms with van der Waals surface area (Å²) in [6.07, 6.45) is -3.82. The van der Waals surface area contributed by atoms with Crippen LogP contribution >= 0.6 is 23.2 Å². The molecule has 4 N–H and O–H groups in total. The predicted molar refractivity (Wildman–Crippen MR) is 168 cm³/mol. The molecule has 2 saturated heterocycles. The Hall–Kier alpha value is -4.07. The molecule has 2 atom stereocenters. The molecule has 2 aromatic carbocycles. The van der Waals surface area contributed by atoms with Crippen molar-refractivity contribution in [3.05, 3.63) is 76.0 Å². The molecular weight excluding hydrogens is 646 g/mol. The molecule has 2 aliphatic rings. The number of alkyl halides is 3. The summed E-state index contributed by atoms with van der Waals surface area (Å²) in [6, 6.07) is 11.9. The maximum atomic E-state index is 14.8. The first kappa shape index (κ1) is 31.9. The van der Waals surface area contributed by atoms with Crippen LogP contribution < -0.4 is 20.7 Å². The van der Waals surface area contributed by atoms with Crippen molar-refractivity contribution in [3.63, 3.8) is 0 Å². The molecule has 0 radical (unpaired) electrons. The van der Waals surface area contributed by atoms with Gasteiger partial charge in [0, 0.05) is 37.5 Å². The number of hydrogen-bond donors (Lipinski definition) is 3. The third-order valence-electron chi connectivity index (χ3n) is 8.58. The minimum absolute atomic E-state index is 0.146. The van der Waals surface area contributed by atoms with Gasteiger partial charge in [-0.2, -0.15) is 28.2 Å². The topological polar surface area (TPSA) is 131 Å². The number of halogens is 5. The molecule has 46 heavy (non-hydrogen) atoms. The van der Waals surface area contributed by atoms with Gasteiger partial charge in [-0.3, -0.25) is 4.79 Å². The van der Waals surface area contributed by atoms with E-state index in [9.17, 15) is 23.1 Å². The predicted octanol–water partition coefficient (Wildman–Crippen LogP) is 6.24. The maximum absolute atomic E-state index is 14.8. The summed E-state index contributed by atoms with van der Waals surface area (Å²) >= 11 is 12.3. The van der Waals surface area contributed by atoms with Gasteiger partial charge in [-0.05, 0) is 67.0 Å². The van der Waals surface area contributed by atoms with Gasteiger partial charge in [0.2, 0.25) is 17.9 Å². The van der Waals surface area contributed by atoms with Crippen molar-refractivity contribution in [2.75, 3.05) is 30.3 Å². The molecule has 0 saturated carbocycles. The minimum atomic E-state index is -4.85. The molecule has 10 nitrogen and oxygen atoms in total. The van der Waals surface area contributed by atoms with E-state index in [0.717, 1.165) is 0 Å². The molecule has 6 rings (SSSR count). The van der Waals surface area contributed by atoms with Crippen molar-refractivity contribution in [1.82, 2.24) is 25.1 Å². The highest BCUT2D eigenvalue weighted by Crippen LogP contribution is 2.43. The van der Waals surface area contributed by atoms with Gasteiger partial charge in [0.15, 0.2) is 0 Å². The molecule has 15 heteroatoms. The molecule has 0 amide bonds. The number of carboxylic acid groups (broad SMARTS) is 1. The van der Waals surface area contributed by atoms with Crippen molar-refractivity contribution in [3.8, 4) is 22.7 Å². The monoisotopic (exact) mass is 675 g/mol. The molecule has 0 bridgehead atoms. The van der Waals surface area contributed by atoms with Gasteiger partial charge in [0.1, 0.15) is 11.9 Å². The van der Waals surface area contributed by atoms with E-state index >= 15 is 0 Å². The Morgan fingerprint density at radius 3 is 2.43 bits per heavy atom. The normalized spacial score (nSPS) is 18.6. The molecule has 2 aliphatic heterocycles. The molecule has 4 aromatic rings. The van der Waals surface area contributed by atoms with Gasteiger partial charge in [-0.15, -0.1) is 0 Å². The molecule has 0 aliphatic carbocycles. The van der Waals surface area contributed by atoms with E-state index in [1.165, 1.54) is 16.8 Å².